The number of β-amino-alcohol motifs (C(OH)–C–C–N with tert-alkyl or cyclic N) is 1. The molecule has 1 saturated carbocycles. The molecule has 8 heterocycles. The number of ether oxygens (including phenoxy) is 7. The highest BCUT2D eigenvalue weighted by molar-refractivity contribution is 7.90. The number of hydrogen-bond donors (Lipinski definition) is 1. The fourth-order valence-corrected chi connectivity index (χ4v) is 16.4. The Morgan fingerprint density at radius 3 is 1.23 bits per heavy atom. The number of piperazine rings is 1. The number of halogens is 1. The number of likely N-dealkylation sites (N-methyl/N-ethyl adjacent to an activating group) is 1. The van der Waals surface area contributed by atoms with Gasteiger partial charge in [0.2, 0.25) is 17.6 Å². The molecule has 13 rings (SSSR count). The smallest absolute Gasteiger partial charge is 0.213 e. The Hall–Kier alpha value is -8.12. The minimum atomic E-state index is -2.91. The Morgan fingerprint density at radius 2 is 0.833 bits per heavy atom. The van der Waals surface area contributed by atoms with Crippen LogP contribution in [0.5, 0.6) is 34.9 Å². The molecule has 5 fully saturated rings. The number of hydrogen-bond acceptors (Lipinski definition) is 20. The quantitative estimate of drug-likeness (QED) is 0.0562. The molecule has 4 saturated heterocycles. The molecule has 770 valence electrons. The van der Waals surface area contributed by atoms with Crippen LogP contribution in [0.15, 0.2) is 164 Å². The predicted octanol–water partition coefficient (Wildman–Crippen LogP) is 24.2. The third kappa shape index (κ3) is 45.4. The lowest BCUT2D eigenvalue weighted by Crippen LogP contribution is -2.47. The molecular formula is C116H183ClN10O10S. The first-order valence-electron chi connectivity index (χ1n) is 50.7. The first kappa shape index (κ1) is 119. The van der Waals surface area contributed by atoms with Crippen LogP contribution < -0.4 is 38.2 Å². The zero-order valence-corrected chi connectivity index (χ0v) is 92.9. The van der Waals surface area contributed by atoms with E-state index >= 15 is 0 Å². The zero-order chi connectivity index (χ0) is 102. The molecule has 20 nitrogen and oxygen atoms in total. The van der Waals surface area contributed by atoms with Crippen LogP contribution in [0.2, 0.25) is 5.02 Å². The number of likely N-dealkylation sites (tertiary alicyclic amines) is 3. The first-order chi connectivity index (χ1) is 64.5. The van der Waals surface area contributed by atoms with Gasteiger partial charge in [0, 0.05) is 121 Å². The van der Waals surface area contributed by atoms with Gasteiger partial charge in [-0.3, -0.25) is 4.90 Å². The number of rotatable bonds is 24. The second-order valence-corrected chi connectivity index (χ2v) is 49.3. The monoisotopic (exact) mass is 1940 g/mol. The molecule has 4 aromatic carbocycles. The molecule has 4 aliphatic heterocycles. The number of anilines is 2. The highest BCUT2D eigenvalue weighted by Gasteiger charge is 2.27. The number of pyridine rings is 4. The Morgan fingerprint density at radius 1 is 0.420 bits per heavy atom. The minimum Gasteiger partial charge on any atom is -0.495 e. The number of sulfone groups is 1. The van der Waals surface area contributed by atoms with Gasteiger partial charge in [0.25, 0.3) is 0 Å². The molecular weight excluding hydrogens is 1760 g/mol. The van der Waals surface area contributed by atoms with Crippen molar-refractivity contribution in [3.63, 3.8) is 0 Å². The summed E-state index contributed by atoms with van der Waals surface area (Å²) in [7, 11) is 9.05. The van der Waals surface area contributed by atoms with Gasteiger partial charge >= 0.3 is 0 Å². The summed E-state index contributed by atoms with van der Waals surface area (Å²) in [6.07, 6.45) is 21.0. The Labute approximate surface area is 842 Å². The van der Waals surface area contributed by atoms with Crippen molar-refractivity contribution < 1.29 is 46.7 Å². The van der Waals surface area contributed by atoms with Gasteiger partial charge in [0.15, 0.2) is 0 Å². The van der Waals surface area contributed by atoms with Crippen molar-refractivity contribution in [1.29, 1.82) is 0 Å². The lowest BCUT2D eigenvalue weighted by atomic mass is 9.87. The van der Waals surface area contributed by atoms with Crippen molar-refractivity contribution in [3.8, 4) is 34.9 Å². The summed E-state index contributed by atoms with van der Waals surface area (Å²) < 4.78 is 61.0. The number of methoxy groups -OCH3 is 2. The van der Waals surface area contributed by atoms with Crippen molar-refractivity contribution in [3.05, 3.63) is 214 Å². The fraction of sp³-hybridized carbons (Fsp3) is 0.621. The Kier molecular flexibility index (Phi) is 48.2. The highest BCUT2D eigenvalue weighted by atomic mass is 35.5. The number of aromatic nitrogens is 4. The minimum absolute atomic E-state index is 0.0712. The average molecular weight is 1950 g/mol. The maximum Gasteiger partial charge on any atom is 0.213 e. The van der Waals surface area contributed by atoms with E-state index in [2.05, 4.69) is 334 Å². The highest BCUT2D eigenvalue weighted by Crippen LogP contribution is 2.36. The van der Waals surface area contributed by atoms with E-state index in [9.17, 15) is 8.42 Å². The molecule has 1 aliphatic carbocycles. The van der Waals surface area contributed by atoms with Gasteiger partial charge in [-0.1, -0.05) is 245 Å². The van der Waals surface area contributed by atoms with E-state index in [-0.39, 0.29) is 55.7 Å². The summed E-state index contributed by atoms with van der Waals surface area (Å²) in [5, 5.41) is 9.63. The van der Waals surface area contributed by atoms with E-state index in [0.29, 0.717) is 41.9 Å². The number of aliphatic hydroxyl groups is 1. The van der Waals surface area contributed by atoms with Gasteiger partial charge in [-0.25, -0.2) is 28.4 Å². The second kappa shape index (κ2) is 56.1. The van der Waals surface area contributed by atoms with Crippen LogP contribution >= 0.6 is 11.6 Å². The molecule has 5 aliphatic rings. The van der Waals surface area contributed by atoms with E-state index in [1.165, 1.54) is 148 Å². The summed E-state index contributed by atoms with van der Waals surface area (Å²) in [4.78, 5) is 31.5. The van der Waals surface area contributed by atoms with Gasteiger partial charge in [-0.05, 0) is 272 Å². The van der Waals surface area contributed by atoms with Crippen LogP contribution in [-0.2, 0) is 57.9 Å². The van der Waals surface area contributed by atoms with E-state index in [4.69, 9.17) is 49.9 Å². The summed E-state index contributed by atoms with van der Waals surface area (Å²) in [6, 6.07) is 48.1. The van der Waals surface area contributed by atoms with E-state index in [1.807, 2.05) is 68.1 Å². The third-order valence-electron chi connectivity index (χ3n) is 25.8. The van der Waals surface area contributed by atoms with Crippen molar-refractivity contribution >= 4 is 32.9 Å². The summed E-state index contributed by atoms with van der Waals surface area (Å²) in [6.45, 7) is 69.7. The largest absolute Gasteiger partial charge is 0.495 e. The first-order valence-corrected chi connectivity index (χ1v) is 53.1. The maximum atomic E-state index is 10.9. The predicted molar refractivity (Wildman–Crippen MR) is 580 cm³/mol. The number of nitrogens with zero attached hydrogens (tertiary/aromatic N) is 10. The summed E-state index contributed by atoms with van der Waals surface area (Å²) in [5.74, 6) is 8.06. The maximum absolute atomic E-state index is 10.9. The van der Waals surface area contributed by atoms with Crippen molar-refractivity contribution in [2.24, 2.45) is 17.8 Å². The normalized spacial score (nSPS) is 16.4. The van der Waals surface area contributed by atoms with Crippen LogP contribution in [0.4, 0.5) is 11.5 Å². The van der Waals surface area contributed by atoms with Crippen LogP contribution in [0.25, 0.3) is 0 Å². The number of aliphatic hydroxyl groups excluding tert-OH is 1. The van der Waals surface area contributed by atoms with Crippen LogP contribution in [0.3, 0.4) is 0 Å². The van der Waals surface area contributed by atoms with Gasteiger partial charge < -0.3 is 62.8 Å². The third-order valence-corrected chi connectivity index (χ3v) is 27.2. The summed E-state index contributed by atoms with van der Waals surface area (Å²) >= 11 is 5.92. The molecule has 0 amide bonds. The fourth-order valence-electron chi connectivity index (χ4n) is 15.5. The van der Waals surface area contributed by atoms with Gasteiger partial charge in [-0.2, -0.15) is 0 Å². The summed E-state index contributed by atoms with van der Waals surface area (Å²) in [5.41, 5.74) is 12.8. The number of piperidine rings is 3. The van der Waals surface area contributed by atoms with Gasteiger partial charge in [0.05, 0.1) is 57.5 Å². The zero-order valence-electron chi connectivity index (χ0n) is 91.3. The molecule has 1 N–H and O–H groups in total. The average Bonchev–Trinajstić information content (AvgIpc) is 0.831. The van der Waals surface area contributed by atoms with Crippen molar-refractivity contribution in [1.82, 2.24) is 39.5 Å². The lowest BCUT2D eigenvalue weighted by Gasteiger charge is -2.36. The molecule has 0 bridgehead atoms. The Balaban J connectivity index is 0.000000243. The molecule has 8 aromatic rings. The van der Waals surface area contributed by atoms with Gasteiger partial charge in [-0.15, -0.1) is 0 Å². The lowest BCUT2D eigenvalue weighted by molar-refractivity contribution is 0.114. The second-order valence-electron chi connectivity index (χ2n) is 46.7. The van der Waals surface area contributed by atoms with Gasteiger partial charge in [0.1, 0.15) is 39.0 Å². The molecule has 1 unspecified atom stereocenters. The van der Waals surface area contributed by atoms with Crippen LogP contribution in [0, 0.1) is 17.8 Å². The van der Waals surface area contributed by atoms with Crippen molar-refractivity contribution in [2.75, 3.05) is 182 Å². The van der Waals surface area contributed by atoms with E-state index in [0.717, 1.165) is 112 Å². The number of benzene rings is 4. The van der Waals surface area contributed by atoms with E-state index < -0.39 is 9.84 Å². The standard InChI is InChI=1S/2C17H27NO.2C16H26N2O.C13H22N2O.C13H21NO3S.C13H19NO.C11H15ClO/c1-17(2,3)15-8-5-9-16(11-15)19-13-14-7-6-10-18(4)12-14;1-17(2,3)15-6-5-7-16(12-15)19-13-14-8-10-18(4)11-9-14;1-16(2,3)14-5-6-15(17-11-14)19-12-13-7-9-18(4)10-8-13;1-16(2,3)14-5-4-6-15(13-14)18-9-7-17(8-10-18)11-12-19;1-13(2,3)11-6-7-12(14-10-11)15(4)8-9-16-5;1-13(2,3)11-6-7-12(14-10-11)17-8-5-9-18(4,15)16;1-13(2,3)10-7-8-12(14-9-10)15-11-5-4-6-11;1-11(2,3)8-5-6-9(12)10(7-8)13-4/h5,8-9,11,14H,6-7,10,12-13H2,1-4H3;5-7,12,14H,8-11,13H2,1-4H3;5-6,11,13H,7-10,12H2,1-4H3;4-6,13,19H,7-12H2,1-3H3;6-7,10H,8-9H2,1-5H3;6-7,10H,5,8-9H2,1-4H3;7-9,11H,4-6H2,1-3H3;5-7H,1-4H3. The Bertz CT molecular complexity index is 4840. The molecule has 22 heteroatoms. The molecule has 0 spiro atoms. The molecule has 0 radical (unpaired) electrons. The van der Waals surface area contributed by atoms with E-state index in [1.54, 1.807) is 20.4 Å². The van der Waals surface area contributed by atoms with Crippen LogP contribution in [0.1, 0.15) is 275 Å². The van der Waals surface area contributed by atoms with Crippen LogP contribution in [-0.4, -0.2) is 232 Å². The molecule has 1 atom stereocenters. The van der Waals surface area contributed by atoms with Crippen molar-refractivity contribution in [2.45, 2.75) is 280 Å². The molecule has 4 aromatic heterocycles. The molecule has 138 heavy (non-hydrogen) atoms. The topological polar surface area (TPSA) is 190 Å². The SMILES string of the molecule is CC(C)(C)c1ccc(OC2CCC2)nc1.CC(C)(C)c1ccc(OCCCS(C)(=O)=O)nc1.CC(C)(C)c1cccc(N2CCN(CCO)CC2)c1.CN1CCC(COc2ccc(C(C)(C)C)cn2)CC1.CN1CCC(COc2cccc(C(C)(C)C)c2)CC1.CN1CCCC(COc2cccc(C(C)(C)C)c2)C1.COCCN(C)c1ccc(C(C)(C)C)cn1.COc1cc(C(C)(C)C)ccc1Cl.